The van der Waals surface area contributed by atoms with Gasteiger partial charge in [0.05, 0.1) is 5.30 Å². The third-order valence-electron chi connectivity index (χ3n) is 2.18. The molecule has 2 rings (SSSR count). The second kappa shape index (κ2) is 4.33. The Morgan fingerprint density at radius 1 is 0.867 bits per heavy atom. The second-order valence-corrected chi connectivity index (χ2v) is 4.99. The second-order valence-electron chi connectivity index (χ2n) is 3.21. The number of hydrogen-bond acceptors (Lipinski definition) is 2. The van der Waals surface area contributed by atoms with Crippen LogP contribution in [0.25, 0.3) is 0 Å². The summed E-state index contributed by atoms with van der Waals surface area (Å²) < 4.78 is 12.1. The molecule has 0 saturated heterocycles. The number of para-hydroxylation sites is 1. The zero-order valence-electron chi connectivity index (χ0n) is 8.05. The molecular weight excluding hydrogens is 207 g/mol. The molecule has 76 valence electrons. The molecule has 0 aliphatic heterocycles. The van der Waals surface area contributed by atoms with Gasteiger partial charge in [0.1, 0.15) is 13.6 Å². The number of hydrogen-bond donors (Lipinski definition) is 1. The van der Waals surface area contributed by atoms with Crippen LogP contribution in [0.15, 0.2) is 54.6 Å². The lowest BCUT2D eigenvalue weighted by molar-refractivity contribution is 0.479. The van der Waals surface area contributed by atoms with Crippen molar-refractivity contribution in [2.24, 2.45) is 0 Å². The molecule has 15 heavy (non-hydrogen) atoms. The van der Waals surface area contributed by atoms with Crippen LogP contribution in [0, 0.1) is 0 Å². The first-order chi connectivity index (χ1) is 7.29. The fraction of sp³-hybridized carbons (Fsp3) is 0. The molecule has 3 heteroatoms. The van der Waals surface area contributed by atoms with E-state index in [4.69, 9.17) is 0 Å². The van der Waals surface area contributed by atoms with E-state index in [2.05, 4.69) is 0 Å². The Labute approximate surface area is 89.0 Å². The Kier molecular flexibility index (Phi) is 2.89. The molecule has 0 spiro atoms. The standard InChI is InChI=1S/C12H11O2P/c13-11-8-4-5-9-12(11)15(14)10-6-2-1-3-7-10/h1-9,13,15H. The first-order valence-electron chi connectivity index (χ1n) is 4.67. The fourth-order valence-corrected chi connectivity index (χ4v) is 2.78. The van der Waals surface area contributed by atoms with Crippen LogP contribution in [0.1, 0.15) is 0 Å². The normalized spacial score (nSPS) is 12.3. The van der Waals surface area contributed by atoms with Gasteiger partial charge in [-0.15, -0.1) is 0 Å². The van der Waals surface area contributed by atoms with Gasteiger partial charge < -0.3 is 9.67 Å². The van der Waals surface area contributed by atoms with Crippen LogP contribution in [-0.2, 0) is 4.57 Å². The molecule has 0 fully saturated rings. The van der Waals surface area contributed by atoms with Crippen LogP contribution in [0.3, 0.4) is 0 Å². The Balaban J connectivity index is 2.42. The number of phenols is 1. The van der Waals surface area contributed by atoms with E-state index in [9.17, 15) is 9.67 Å². The molecule has 2 nitrogen and oxygen atoms in total. The molecule has 1 N–H and O–H groups in total. The smallest absolute Gasteiger partial charge is 0.135 e. The van der Waals surface area contributed by atoms with Gasteiger partial charge in [-0.2, -0.15) is 0 Å². The van der Waals surface area contributed by atoms with E-state index < -0.39 is 7.80 Å². The zero-order valence-corrected chi connectivity index (χ0v) is 9.05. The van der Waals surface area contributed by atoms with E-state index in [-0.39, 0.29) is 5.75 Å². The monoisotopic (exact) mass is 218 g/mol. The lowest BCUT2D eigenvalue weighted by Gasteiger charge is -2.04. The molecule has 0 bridgehead atoms. The Morgan fingerprint density at radius 2 is 1.47 bits per heavy atom. The predicted octanol–water partition coefficient (Wildman–Crippen LogP) is 1.90. The van der Waals surface area contributed by atoms with Crippen molar-refractivity contribution in [3.8, 4) is 5.75 Å². The van der Waals surface area contributed by atoms with Crippen LogP contribution in [0.4, 0.5) is 0 Å². The van der Waals surface area contributed by atoms with Gasteiger partial charge in [0.15, 0.2) is 0 Å². The maximum Gasteiger partial charge on any atom is 0.135 e. The minimum Gasteiger partial charge on any atom is -0.507 e. The van der Waals surface area contributed by atoms with Crippen LogP contribution >= 0.6 is 7.80 Å². The van der Waals surface area contributed by atoms with Crippen molar-refractivity contribution < 1.29 is 9.67 Å². The van der Waals surface area contributed by atoms with E-state index in [1.54, 1.807) is 24.3 Å². The summed E-state index contributed by atoms with van der Waals surface area (Å²) in [5.41, 5.74) is 0. The fourth-order valence-electron chi connectivity index (χ4n) is 1.41. The topological polar surface area (TPSA) is 37.3 Å². The van der Waals surface area contributed by atoms with Gasteiger partial charge in [0.2, 0.25) is 0 Å². The van der Waals surface area contributed by atoms with Gasteiger partial charge in [-0.1, -0.05) is 42.5 Å². The maximum absolute atomic E-state index is 12.1. The van der Waals surface area contributed by atoms with E-state index in [1.165, 1.54) is 0 Å². The van der Waals surface area contributed by atoms with E-state index in [0.29, 0.717) is 5.30 Å². The van der Waals surface area contributed by atoms with E-state index >= 15 is 0 Å². The van der Waals surface area contributed by atoms with E-state index in [1.807, 2.05) is 30.3 Å². The predicted molar refractivity (Wildman–Crippen MR) is 62.8 cm³/mol. The first-order valence-corrected chi connectivity index (χ1v) is 6.07. The third kappa shape index (κ3) is 2.11. The van der Waals surface area contributed by atoms with Crippen LogP contribution in [0.2, 0.25) is 0 Å². The Morgan fingerprint density at radius 3 is 2.13 bits per heavy atom. The van der Waals surface area contributed by atoms with E-state index in [0.717, 1.165) is 5.30 Å². The molecule has 1 unspecified atom stereocenters. The molecule has 0 saturated carbocycles. The summed E-state index contributed by atoms with van der Waals surface area (Å²) in [6.45, 7) is 0. The van der Waals surface area contributed by atoms with Gasteiger partial charge in [0.25, 0.3) is 0 Å². The molecule has 0 aliphatic carbocycles. The summed E-state index contributed by atoms with van der Waals surface area (Å²) in [5.74, 6) is 0.102. The van der Waals surface area contributed by atoms with Crippen LogP contribution < -0.4 is 10.6 Å². The molecule has 1 atom stereocenters. The minimum absolute atomic E-state index is 0.102. The highest BCUT2D eigenvalue weighted by atomic mass is 31.1. The summed E-state index contributed by atoms with van der Waals surface area (Å²) in [4.78, 5) is 0. The van der Waals surface area contributed by atoms with Crippen molar-refractivity contribution in [1.82, 2.24) is 0 Å². The molecule has 0 amide bonds. The van der Waals surface area contributed by atoms with Crippen molar-refractivity contribution >= 4 is 18.4 Å². The SMILES string of the molecule is O=[PH](c1ccccc1)c1ccccc1O. The van der Waals surface area contributed by atoms with Crippen molar-refractivity contribution in [3.05, 3.63) is 54.6 Å². The van der Waals surface area contributed by atoms with Crippen LogP contribution in [0.5, 0.6) is 5.75 Å². The van der Waals surface area contributed by atoms with Crippen LogP contribution in [-0.4, -0.2) is 5.11 Å². The number of aromatic hydroxyl groups is 1. The van der Waals surface area contributed by atoms with Gasteiger partial charge in [0, 0.05) is 5.30 Å². The maximum atomic E-state index is 12.1. The zero-order chi connectivity index (χ0) is 10.7. The molecule has 0 aliphatic rings. The highest BCUT2D eigenvalue weighted by Crippen LogP contribution is 2.24. The quantitative estimate of drug-likeness (QED) is 0.782. The Hall–Kier alpha value is -1.53. The average molecular weight is 218 g/mol. The highest BCUT2D eigenvalue weighted by Gasteiger charge is 2.09. The average Bonchev–Trinajstić information content (AvgIpc) is 2.30. The summed E-state index contributed by atoms with van der Waals surface area (Å²) in [5, 5.41) is 10.9. The van der Waals surface area contributed by atoms with Gasteiger partial charge >= 0.3 is 0 Å². The molecular formula is C12H11O2P. The van der Waals surface area contributed by atoms with Crippen molar-refractivity contribution in [2.45, 2.75) is 0 Å². The number of benzene rings is 2. The summed E-state index contributed by atoms with van der Waals surface area (Å²) >= 11 is 0. The molecule has 0 radical (unpaired) electrons. The largest absolute Gasteiger partial charge is 0.507 e. The molecule has 2 aromatic rings. The Bertz CT molecular complexity index is 480. The highest BCUT2D eigenvalue weighted by molar-refractivity contribution is 7.61. The minimum atomic E-state index is -2.07. The van der Waals surface area contributed by atoms with Gasteiger partial charge in [-0.05, 0) is 12.1 Å². The number of rotatable bonds is 2. The summed E-state index contributed by atoms with van der Waals surface area (Å²) in [7, 11) is -2.07. The summed E-state index contributed by atoms with van der Waals surface area (Å²) in [6.07, 6.45) is 0. The van der Waals surface area contributed by atoms with Crippen molar-refractivity contribution in [1.29, 1.82) is 0 Å². The number of phenolic OH excluding ortho intramolecular Hbond substituents is 1. The molecule has 0 aromatic heterocycles. The lowest BCUT2D eigenvalue weighted by atomic mass is 10.3. The molecule has 0 heterocycles. The molecule has 2 aromatic carbocycles. The van der Waals surface area contributed by atoms with Crippen molar-refractivity contribution in [3.63, 3.8) is 0 Å². The van der Waals surface area contributed by atoms with Gasteiger partial charge in [-0.25, -0.2) is 0 Å². The third-order valence-corrected chi connectivity index (χ3v) is 3.95. The first kappa shape index (κ1) is 10.0. The summed E-state index contributed by atoms with van der Waals surface area (Å²) in [6, 6.07) is 15.9. The van der Waals surface area contributed by atoms with Crippen molar-refractivity contribution in [2.75, 3.05) is 0 Å². The lowest BCUT2D eigenvalue weighted by Crippen LogP contribution is -2.06. The van der Waals surface area contributed by atoms with Gasteiger partial charge in [-0.3, -0.25) is 0 Å².